The Morgan fingerprint density at radius 2 is 1.62 bits per heavy atom. The second-order valence-electron chi connectivity index (χ2n) is 8.29. The average molecular weight is 452 g/mol. The Morgan fingerprint density at radius 1 is 0.938 bits per heavy atom. The third-order valence-electron chi connectivity index (χ3n) is 6.13. The van der Waals surface area contributed by atoms with Crippen LogP contribution in [0, 0.1) is 5.21 Å². The van der Waals surface area contributed by atoms with Crippen molar-refractivity contribution in [3.05, 3.63) is 106 Å². The fraction of sp³-hybridized carbons (Fsp3) is 0.308. The number of hydrogen-bond donors (Lipinski definition) is 1. The van der Waals surface area contributed by atoms with Gasteiger partial charge in [0.2, 0.25) is 0 Å². The van der Waals surface area contributed by atoms with Crippen LogP contribution in [0.1, 0.15) is 51.4 Å². The maximum absolute atomic E-state index is 13.1. The van der Waals surface area contributed by atoms with Gasteiger partial charge in [-0.15, -0.1) is 12.4 Å². The largest absolute Gasteiger partial charge is 0.619 e. The predicted molar refractivity (Wildman–Crippen MR) is 129 cm³/mol. The summed E-state index contributed by atoms with van der Waals surface area (Å²) >= 11 is 0. The van der Waals surface area contributed by atoms with Gasteiger partial charge in [-0.05, 0) is 54.4 Å². The lowest BCUT2D eigenvalue weighted by atomic mass is 9.88. The van der Waals surface area contributed by atoms with Crippen molar-refractivity contribution < 1.29 is 9.52 Å². The van der Waals surface area contributed by atoms with Crippen LogP contribution in [-0.2, 0) is 19.4 Å². The van der Waals surface area contributed by atoms with Gasteiger partial charge in [0, 0.05) is 25.2 Å². The third-order valence-corrected chi connectivity index (χ3v) is 6.13. The molecule has 5 nitrogen and oxygen atoms in total. The van der Waals surface area contributed by atoms with Gasteiger partial charge in [-0.1, -0.05) is 54.6 Å². The molecule has 2 aromatic carbocycles. The van der Waals surface area contributed by atoms with Gasteiger partial charge in [-0.2, -0.15) is 4.73 Å². The van der Waals surface area contributed by atoms with Crippen LogP contribution < -0.4 is 10.5 Å². The number of piperidine rings is 1. The first-order chi connectivity index (χ1) is 15.1. The highest BCUT2D eigenvalue weighted by molar-refractivity contribution is 5.94. The molecule has 1 aromatic heterocycles. The van der Waals surface area contributed by atoms with Crippen LogP contribution in [-0.4, -0.2) is 23.9 Å². The normalized spacial score (nSPS) is 14.1. The minimum absolute atomic E-state index is 0. The molecule has 0 atom stereocenters. The summed E-state index contributed by atoms with van der Waals surface area (Å²) in [6.07, 6.45) is 6.37. The quantitative estimate of drug-likeness (QED) is 0.454. The summed E-state index contributed by atoms with van der Waals surface area (Å²) in [6, 6.07) is 20.5. The summed E-state index contributed by atoms with van der Waals surface area (Å²) in [6.45, 7) is 1.94. The number of pyridine rings is 1. The van der Waals surface area contributed by atoms with Crippen molar-refractivity contribution in [1.29, 1.82) is 0 Å². The minimum Gasteiger partial charge on any atom is -0.619 e. The second-order valence-corrected chi connectivity index (χ2v) is 8.29. The Labute approximate surface area is 195 Å². The van der Waals surface area contributed by atoms with Gasteiger partial charge in [0.05, 0.1) is 0 Å². The van der Waals surface area contributed by atoms with E-state index in [0.29, 0.717) is 31.1 Å². The molecule has 0 unspecified atom stereocenters. The first kappa shape index (κ1) is 23.8. The number of aromatic nitrogens is 1. The van der Waals surface area contributed by atoms with E-state index in [1.54, 1.807) is 6.20 Å². The number of amides is 1. The van der Waals surface area contributed by atoms with Crippen LogP contribution >= 0.6 is 12.4 Å². The van der Waals surface area contributed by atoms with Gasteiger partial charge < -0.3 is 15.8 Å². The van der Waals surface area contributed by atoms with Gasteiger partial charge in [0.25, 0.3) is 5.91 Å². The van der Waals surface area contributed by atoms with E-state index in [2.05, 4.69) is 30.3 Å². The number of benzene rings is 2. The molecular formula is C26H30ClN3O2. The van der Waals surface area contributed by atoms with Gasteiger partial charge in [-0.25, -0.2) is 0 Å². The molecule has 1 aliphatic heterocycles. The highest BCUT2D eigenvalue weighted by Gasteiger charge is 2.26. The number of carbonyl (C=O) groups is 1. The zero-order valence-electron chi connectivity index (χ0n) is 18.2. The zero-order valence-corrected chi connectivity index (χ0v) is 19.0. The summed E-state index contributed by atoms with van der Waals surface area (Å²) in [4.78, 5) is 15.0. The van der Waals surface area contributed by atoms with Crippen LogP contribution in [0.15, 0.2) is 73.1 Å². The van der Waals surface area contributed by atoms with Gasteiger partial charge in [-0.3, -0.25) is 4.79 Å². The van der Waals surface area contributed by atoms with Crippen molar-refractivity contribution in [2.45, 2.75) is 38.1 Å². The Kier molecular flexibility index (Phi) is 8.26. The molecule has 2 N–H and O–H groups in total. The summed E-state index contributed by atoms with van der Waals surface area (Å²) in [5.74, 6) is 0.387. The topological polar surface area (TPSA) is 73.3 Å². The van der Waals surface area contributed by atoms with E-state index in [-0.39, 0.29) is 18.3 Å². The number of nitrogens with zero attached hydrogens (tertiary/aromatic N) is 2. The highest BCUT2D eigenvalue weighted by atomic mass is 35.5. The molecule has 0 saturated carbocycles. The smallest absolute Gasteiger partial charge is 0.259 e. The molecule has 2 heterocycles. The molecule has 1 saturated heterocycles. The number of halogens is 1. The number of hydrogen-bond acceptors (Lipinski definition) is 3. The van der Waals surface area contributed by atoms with E-state index < -0.39 is 0 Å². The van der Waals surface area contributed by atoms with Gasteiger partial charge in [0.15, 0.2) is 12.4 Å². The average Bonchev–Trinajstić information content (AvgIpc) is 2.83. The van der Waals surface area contributed by atoms with Crippen molar-refractivity contribution >= 4 is 18.3 Å². The molecule has 0 spiro atoms. The van der Waals surface area contributed by atoms with Crippen LogP contribution in [0.5, 0.6) is 0 Å². The number of carbonyl (C=O) groups excluding carboxylic acids is 1. The van der Waals surface area contributed by atoms with E-state index in [9.17, 15) is 10.0 Å². The summed E-state index contributed by atoms with van der Waals surface area (Å²) in [7, 11) is 0. The molecule has 0 radical (unpaired) electrons. The van der Waals surface area contributed by atoms with Crippen LogP contribution in [0.3, 0.4) is 0 Å². The van der Waals surface area contributed by atoms with Gasteiger partial charge in [0.1, 0.15) is 5.56 Å². The van der Waals surface area contributed by atoms with Crippen LogP contribution in [0.25, 0.3) is 0 Å². The Hall–Kier alpha value is -2.89. The van der Waals surface area contributed by atoms with Crippen LogP contribution in [0.2, 0.25) is 0 Å². The zero-order chi connectivity index (χ0) is 21.6. The monoisotopic (exact) mass is 451 g/mol. The van der Waals surface area contributed by atoms with E-state index in [4.69, 9.17) is 5.73 Å². The van der Waals surface area contributed by atoms with Crippen molar-refractivity contribution in [1.82, 2.24) is 4.90 Å². The molecule has 6 heteroatoms. The number of aryl methyl sites for hydroxylation is 2. The molecule has 168 valence electrons. The maximum Gasteiger partial charge on any atom is 0.259 e. The van der Waals surface area contributed by atoms with Crippen molar-refractivity contribution in [3.8, 4) is 0 Å². The standard InChI is InChI=1S/C26H29N3O2.ClH/c27-17-21-7-4-8-24(15-21)23-11-13-28(14-12-23)26(30)25-16-22(18-29(31)19-25)10-9-20-5-2-1-3-6-20;/h1-8,15-16,18-19,23H,9-14,17,27H2;1H. The van der Waals surface area contributed by atoms with E-state index >= 15 is 0 Å². The number of rotatable bonds is 6. The van der Waals surface area contributed by atoms with Crippen molar-refractivity contribution in [2.24, 2.45) is 5.73 Å². The fourth-order valence-electron chi connectivity index (χ4n) is 4.37. The lowest BCUT2D eigenvalue weighted by Crippen LogP contribution is -2.39. The highest BCUT2D eigenvalue weighted by Crippen LogP contribution is 2.29. The molecular weight excluding hydrogens is 422 g/mol. The second kappa shape index (κ2) is 11.1. The lowest BCUT2D eigenvalue weighted by molar-refractivity contribution is -0.606. The third kappa shape index (κ3) is 5.87. The van der Waals surface area contributed by atoms with Gasteiger partial charge >= 0.3 is 0 Å². The molecule has 1 aliphatic rings. The first-order valence-corrected chi connectivity index (χ1v) is 11.0. The molecule has 4 rings (SSSR count). The predicted octanol–water partition coefficient (Wildman–Crippen LogP) is 4.01. The number of nitrogens with two attached hydrogens (primary N) is 1. The minimum atomic E-state index is -0.0553. The Morgan fingerprint density at radius 3 is 2.34 bits per heavy atom. The molecule has 3 aromatic rings. The SMILES string of the molecule is Cl.NCc1cccc(C2CCN(C(=O)c3cc(CCc4ccccc4)c[n+]([O-])c3)CC2)c1. The summed E-state index contributed by atoms with van der Waals surface area (Å²) in [5.41, 5.74) is 10.8. The summed E-state index contributed by atoms with van der Waals surface area (Å²) in [5, 5.41) is 12.1. The lowest BCUT2D eigenvalue weighted by Gasteiger charge is -2.32. The Bertz CT molecular complexity index is 1030. The summed E-state index contributed by atoms with van der Waals surface area (Å²) < 4.78 is 0.763. The van der Waals surface area contributed by atoms with E-state index in [0.717, 1.165) is 41.5 Å². The molecule has 0 bridgehead atoms. The molecule has 1 fully saturated rings. The fourth-order valence-corrected chi connectivity index (χ4v) is 4.37. The molecule has 0 aliphatic carbocycles. The maximum atomic E-state index is 13.1. The van der Waals surface area contributed by atoms with E-state index in [1.165, 1.54) is 17.3 Å². The van der Waals surface area contributed by atoms with E-state index in [1.807, 2.05) is 35.2 Å². The Balaban J connectivity index is 0.00000289. The number of likely N-dealkylation sites (tertiary alicyclic amines) is 1. The van der Waals surface area contributed by atoms with Crippen LogP contribution in [0.4, 0.5) is 0 Å². The molecule has 32 heavy (non-hydrogen) atoms. The first-order valence-electron chi connectivity index (χ1n) is 11.0. The molecule has 1 amide bonds. The van der Waals surface area contributed by atoms with Crippen molar-refractivity contribution in [3.63, 3.8) is 0 Å². The van der Waals surface area contributed by atoms with Crippen molar-refractivity contribution in [2.75, 3.05) is 13.1 Å².